The summed E-state index contributed by atoms with van der Waals surface area (Å²) in [7, 11) is 0. The highest BCUT2D eigenvalue weighted by Gasteiger charge is 2.31. The molecule has 0 radical (unpaired) electrons. The summed E-state index contributed by atoms with van der Waals surface area (Å²) in [5, 5.41) is 0. The summed E-state index contributed by atoms with van der Waals surface area (Å²) >= 11 is 0. The van der Waals surface area contributed by atoms with Crippen molar-refractivity contribution in [2.75, 3.05) is 26.4 Å². The zero-order valence-corrected chi connectivity index (χ0v) is 12.4. The molecule has 1 fully saturated rings. The Morgan fingerprint density at radius 1 is 1.37 bits per heavy atom. The number of likely N-dealkylation sites (tertiary alicyclic amines) is 1. The minimum Gasteiger partial charge on any atom is -0.379 e. The molecule has 0 aromatic carbocycles. The predicted molar refractivity (Wildman–Crippen MR) is 74.9 cm³/mol. The second-order valence-corrected chi connectivity index (χ2v) is 5.16. The van der Waals surface area contributed by atoms with Gasteiger partial charge in [0.1, 0.15) is 6.10 Å². The van der Waals surface area contributed by atoms with Crippen molar-refractivity contribution in [2.24, 2.45) is 5.73 Å². The number of piperidine rings is 1. The van der Waals surface area contributed by atoms with Crippen LogP contribution in [-0.4, -0.2) is 55.4 Å². The molecule has 1 saturated heterocycles. The van der Waals surface area contributed by atoms with E-state index < -0.39 is 6.10 Å². The van der Waals surface area contributed by atoms with E-state index in [9.17, 15) is 4.79 Å². The average Bonchev–Trinajstić information content (AvgIpc) is 2.42. The molecule has 5 nitrogen and oxygen atoms in total. The second kappa shape index (κ2) is 8.51. The normalized spacial score (nSPS) is 23.2. The van der Waals surface area contributed by atoms with Gasteiger partial charge in [-0.1, -0.05) is 0 Å². The van der Waals surface area contributed by atoms with E-state index in [0.717, 1.165) is 25.8 Å². The van der Waals surface area contributed by atoms with E-state index in [0.29, 0.717) is 19.8 Å². The highest BCUT2D eigenvalue weighted by molar-refractivity contribution is 5.81. The highest BCUT2D eigenvalue weighted by atomic mass is 16.5. The topological polar surface area (TPSA) is 64.8 Å². The van der Waals surface area contributed by atoms with Crippen LogP contribution < -0.4 is 5.73 Å². The van der Waals surface area contributed by atoms with Crippen LogP contribution in [0.15, 0.2) is 0 Å². The van der Waals surface area contributed by atoms with Gasteiger partial charge in [0.25, 0.3) is 5.91 Å². The molecule has 1 aliphatic rings. The lowest BCUT2D eigenvalue weighted by atomic mass is 9.96. The van der Waals surface area contributed by atoms with Gasteiger partial charge in [-0.2, -0.15) is 0 Å². The highest BCUT2D eigenvalue weighted by Crippen LogP contribution is 2.20. The molecule has 0 aromatic heterocycles. The molecular weight excluding hydrogens is 244 g/mol. The lowest BCUT2D eigenvalue weighted by Gasteiger charge is -2.39. The molecule has 0 spiro atoms. The first-order valence-electron chi connectivity index (χ1n) is 7.33. The van der Waals surface area contributed by atoms with Crippen LogP contribution in [0.4, 0.5) is 0 Å². The van der Waals surface area contributed by atoms with Crippen LogP contribution in [0.5, 0.6) is 0 Å². The molecule has 3 unspecified atom stereocenters. The third-order valence-electron chi connectivity index (χ3n) is 3.59. The fraction of sp³-hybridized carbons (Fsp3) is 0.929. The molecule has 0 aliphatic carbocycles. The molecule has 5 heteroatoms. The Labute approximate surface area is 116 Å². The van der Waals surface area contributed by atoms with Crippen molar-refractivity contribution < 1.29 is 14.3 Å². The maximum Gasteiger partial charge on any atom is 0.251 e. The van der Waals surface area contributed by atoms with E-state index in [-0.39, 0.29) is 18.0 Å². The maximum absolute atomic E-state index is 12.4. The molecule has 3 atom stereocenters. The monoisotopic (exact) mass is 272 g/mol. The predicted octanol–water partition coefficient (Wildman–Crippen LogP) is 1.16. The minimum atomic E-state index is -0.417. The van der Waals surface area contributed by atoms with E-state index in [1.807, 2.05) is 18.7 Å². The fourth-order valence-electron chi connectivity index (χ4n) is 2.51. The van der Waals surface area contributed by atoms with Gasteiger partial charge in [-0.3, -0.25) is 4.79 Å². The van der Waals surface area contributed by atoms with Crippen molar-refractivity contribution in [3.05, 3.63) is 0 Å². The number of nitrogens with zero attached hydrogens (tertiary/aromatic N) is 1. The summed E-state index contributed by atoms with van der Waals surface area (Å²) in [6.45, 7) is 8.17. The van der Waals surface area contributed by atoms with Crippen molar-refractivity contribution in [2.45, 2.75) is 58.2 Å². The molecule has 0 bridgehead atoms. The van der Waals surface area contributed by atoms with Gasteiger partial charge >= 0.3 is 0 Å². The Bertz CT molecular complexity index is 271. The van der Waals surface area contributed by atoms with Gasteiger partial charge < -0.3 is 20.1 Å². The van der Waals surface area contributed by atoms with Crippen molar-refractivity contribution in [3.63, 3.8) is 0 Å². The lowest BCUT2D eigenvalue weighted by molar-refractivity contribution is -0.147. The number of amides is 1. The Morgan fingerprint density at radius 2 is 2.11 bits per heavy atom. The molecule has 112 valence electrons. The second-order valence-electron chi connectivity index (χ2n) is 5.16. The van der Waals surface area contributed by atoms with Crippen LogP contribution in [0.2, 0.25) is 0 Å². The third kappa shape index (κ3) is 5.09. The van der Waals surface area contributed by atoms with Gasteiger partial charge in [-0.15, -0.1) is 0 Å². The number of hydrogen-bond donors (Lipinski definition) is 1. The minimum absolute atomic E-state index is 0.0138. The first-order valence-corrected chi connectivity index (χ1v) is 7.33. The first-order chi connectivity index (χ1) is 9.07. The summed E-state index contributed by atoms with van der Waals surface area (Å²) in [5.41, 5.74) is 5.98. The van der Waals surface area contributed by atoms with Gasteiger partial charge in [0, 0.05) is 25.2 Å². The Balaban J connectivity index is 2.44. The quantitative estimate of drug-likeness (QED) is 0.706. The van der Waals surface area contributed by atoms with Crippen LogP contribution in [0.3, 0.4) is 0 Å². The molecule has 1 amide bonds. The van der Waals surface area contributed by atoms with Gasteiger partial charge in [-0.25, -0.2) is 0 Å². The Hall–Kier alpha value is -0.650. The van der Waals surface area contributed by atoms with Gasteiger partial charge in [0.05, 0.1) is 13.2 Å². The van der Waals surface area contributed by atoms with Crippen molar-refractivity contribution in [1.29, 1.82) is 0 Å². The van der Waals surface area contributed by atoms with Crippen LogP contribution in [-0.2, 0) is 14.3 Å². The maximum atomic E-state index is 12.4. The van der Waals surface area contributed by atoms with E-state index in [2.05, 4.69) is 0 Å². The zero-order chi connectivity index (χ0) is 14.3. The first kappa shape index (κ1) is 16.4. The SMILES string of the molecule is CCOCCOC(C)C(=O)N1CCCCC1C(C)N. The van der Waals surface area contributed by atoms with Crippen molar-refractivity contribution in [3.8, 4) is 0 Å². The Kier molecular flexibility index (Phi) is 7.34. The van der Waals surface area contributed by atoms with Crippen LogP contribution in [0.25, 0.3) is 0 Å². The Morgan fingerprint density at radius 3 is 2.74 bits per heavy atom. The van der Waals surface area contributed by atoms with Crippen molar-refractivity contribution in [1.82, 2.24) is 4.90 Å². The summed E-state index contributed by atoms with van der Waals surface area (Å²) < 4.78 is 10.7. The summed E-state index contributed by atoms with van der Waals surface area (Å²) in [5.74, 6) is 0.0542. The lowest BCUT2D eigenvalue weighted by Crippen LogP contribution is -2.54. The number of carbonyl (C=O) groups excluding carboxylic acids is 1. The summed E-state index contributed by atoms with van der Waals surface area (Å²) in [6, 6.07) is 0.166. The molecule has 1 aliphatic heterocycles. The van der Waals surface area contributed by atoms with E-state index in [4.69, 9.17) is 15.2 Å². The van der Waals surface area contributed by atoms with Crippen molar-refractivity contribution >= 4 is 5.91 Å². The standard InChI is InChI=1S/C14H28N2O3/c1-4-18-9-10-19-12(3)14(17)16-8-6-5-7-13(16)11(2)15/h11-13H,4-10,15H2,1-3H3. The molecule has 19 heavy (non-hydrogen) atoms. The van der Waals surface area contributed by atoms with Gasteiger partial charge in [0.15, 0.2) is 0 Å². The number of carbonyl (C=O) groups is 1. The average molecular weight is 272 g/mol. The summed E-state index contributed by atoms with van der Waals surface area (Å²) in [4.78, 5) is 14.3. The number of rotatable bonds is 7. The molecular formula is C14H28N2O3. The number of nitrogens with two attached hydrogens (primary N) is 1. The third-order valence-corrected chi connectivity index (χ3v) is 3.59. The largest absolute Gasteiger partial charge is 0.379 e. The van der Waals surface area contributed by atoms with E-state index in [1.54, 1.807) is 6.92 Å². The smallest absolute Gasteiger partial charge is 0.251 e. The zero-order valence-electron chi connectivity index (χ0n) is 12.4. The molecule has 0 aromatic rings. The van der Waals surface area contributed by atoms with Gasteiger partial charge in [0.2, 0.25) is 0 Å². The summed E-state index contributed by atoms with van der Waals surface area (Å²) in [6.07, 6.45) is 2.78. The van der Waals surface area contributed by atoms with Crippen LogP contribution in [0.1, 0.15) is 40.0 Å². The number of ether oxygens (including phenoxy) is 2. The molecule has 1 heterocycles. The molecule has 2 N–H and O–H groups in total. The molecule has 1 rings (SSSR count). The van der Waals surface area contributed by atoms with Crippen LogP contribution >= 0.6 is 0 Å². The van der Waals surface area contributed by atoms with Crippen LogP contribution in [0, 0.1) is 0 Å². The van der Waals surface area contributed by atoms with Gasteiger partial charge in [-0.05, 0) is 40.0 Å². The fourth-order valence-corrected chi connectivity index (χ4v) is 2.51. The number of hydrogen-bond acceptors (Lipinski definition) is 4. The molecule has 0 saturated carbocycles. The van der Waals surface area contributed by atoms with E-state index in [1.165, 1.54) is 0 Å². The van der Waals surface area contributed by atoms with E-state index >= 15 is 0 Å².